The van der Waals surface area contributed by atoms with Gasteiger partial charge in [0.05, 0.1) is 6.61 Å². The lowest BCUT2D eigenvalue weighted by Crippen LogP contribution is -2.29. The summed E-state index contributed by atoms with van der Waals surface area (Å²) < 4.78 is 26.1. The average molecular weight is 622 g/mol. The van der Waals surface area contributed by atoms with Gasteiger partial charge in [0, 0.05) is 26.3 Å². The van der Waals surface area contributed by atoms with Gasteiger partial charge in [0.2, 0.25) is 5.91 Å². The zero-order chi connectivity index (χ0) is 31.3. The van der Waals surface area contributed by atoms with E-state index in [1.807, 2.05) is 0 Å². The Morgan fingerprint density at radius 1 is 0.643 bits per heavy atom. The molecule has 0 aromatic carbocycles. The van der Waals surface area contributed by atoms with Crippen molar-refractivity contribution in [2.45, 2.75) is 161 Å². The van der Waals surface area contributed by atoms with Crippen molar-refractivity contribution >= 4 is 25.7 Å². The fraction of sp³-hybridized carbons (Fsp3) is 0.903. The molecule has 0 aliphatic carbocycles. The van der Waals surface area contributed by atoms with E-state index in [4.69, 9.17) is 19.3 Å². The van der Waals surface area contributed by atoms with Crippen molar-refractivity contribution in [2.24, 2.45) is 0 Å². The molecule has 0 saturated heterocycles. The number of rotatable bonds is 30. The summed E-state index contributed by atoms with van der Waals surface area (Å²) in [6.07, 6.45) is 21.5. The van der Waals surface area contributed by atoms with E-state index < -0.39 is 32.5 Å². The van der Waals surface area contributed by atoms with E-state index in [1.54, 1.807) is 6.92 Å². The summed E-state index contributed by atoms with van der Waals surface area (Å²) >= 11 is 0. The number of phosphoric ester groups is 1. The quantitative estimate of drug-likeness (QED) is 0.0427. The highest BCUT2D eigenvalue weighted by Crippen LogP contribution is 2.35. The molecule has 0 saturated carbocycles. The SMILES string of the molecule is CCCCCCCCCCCC(=O)O[C@H](COC(=O)CCCCCCCCCCCCCNC(C)=O)COP(=O)(O)O. The molecule has 248 valence electrons. The van der Waals surface area contributed by atoms with E-state index in [2.05, 4.69) is 16.8 Å². The van der Waals surface area contributed by atoms with Crippen LogP contribution in [-0.4, -0.2) is 53.5 Å². The molecule has 0 aromatic rings. The molecule has 0 bridgehead atoms. The van der Waals surface area contributed by atoms with Crippen molar-refractivity contribution in [1.82, 2.24) is 5.32 Å². The number of carbonyl (C=O) groups excluding carboxylic acids is 3. The van der Waals surface area contributed by atoms with Gasteiger partial charge < -0.3 is 24.6 Å². The summed E-state index contributed by atoms with van der Waals surface area (Å²) in [6.45, 7) is 3.66. The van der Waals surface area contributed by atoms with Crippen LogP contribution in [0, 0.1) is 0 Å². The number of hydrogen-bond acceptors (Lipinski definition) is 7. The molecule has 42 heavy (non-hydrogen) atoms. The largest absolute Gasteiger partial charge is 0.469 e. The lowest BCUT2D eigenvalue weighted by Gasteiger charge is -2.18. The number of carbonyl (C=O) groups is 3. The zero-order valence-corrected chi connectivity index (χ0v) is 27.3. The second kappa shape index (κ2) is 28.3. The maximum absolute atomic E-state index is 12.2. The second-order valence-electron chi connectivity index (χ2n) is 11.3. The van der Waals surface area contributed by atoms with Gasteiger partial charge in [0.1, 0.15) is 6.61 Å². The lowest BCUT2D eigenvalue weighted by molar-refractivity contribution is -0.161. The number of esters is 2. The molecule has 1 amide bonds. The summed E-state index contributed by atoms with van der Waals surface area (Å²) in [5.74, 6) is -0.885. The third kappa shape index (κ3) is 31.5. The molecule has 10 nitrogen and oxygen atoms in total. The third-order valence-electron chi connectivity index (χ3n) is 7.07. The summed E-state index contributed by atoms with van der Waals surface area (Å²) in [7, 11) is -4.75. The second-order valence-corrected chi connectivity index (χ2v) is 12.5. The van der Waals surface area contributed by atoms with E-state index in [0.29, 0.717) is 12.8 Å². The van der Waals surface area contributed by atoms with Crippen LogP contribution >= 0.6 is 7.82 Å². The van der Waals surface area contributed by atoms with E-state index in [9.17, 15) is 18.9 Å². The van der Waals surface area contributed by atoms with Crippen molar-refractivity contribution in [3.8, 4) is 0 Å². The molecule has 0 aliphatic heterocycles. The van der Waals surface area contributed by atoms with E-state index in [-0.39, 0.29) is 25.4 Å². The first-order chi connectivity index (χ1) is 20.1. The number of phosphoric acid groups is 1. The first kappa shape index (κ1) is 40.5. The minimum atomic E-state index is -4.75. The number of amides is 1. The number of ether oxygens (including phenoxy) is 2. The molecule has 0 rings (SSSR count). The summed E-state index contributed by atoms with van der Waals surface area (Å²) in [4.78, 5) is 53.2. The topological polar surface area (TPSA) is 148 Å². The molecule has 0 radical (unpaired) electrons. The Balaban J connectivity index is 3.94. The van der Waals surface area contributed by atoms with Gasteiger partial charge in [0.25, 0.3) is 0 Å². The number of unbranched alkanes of at least 4 members (excludes halogenated alkanes) is 18. The Bertz CT molecular complexity index is 729. The highest BCUT2D eigenvalue weighted by molar-refractivity contribution is 7.46. The van der Waals surface area contributed by atoms with Crippen molar-refractivity contribution in [3.05, 3.63) is 0 Å². The average Bonchev–Trinajstić information content (AvgIpc) is 2.93. The molecule has 0 heterocycles. The maximum atomic E-state index is 12.2. The number of hydrogen-bond donors (Lipinski definition) is 3. The minimum Gasteiger partial charge on any atom is -0.462 e. The van der Waals surface area contributed by atoms with Crippen molar-refractivity contribution < 1.29 is 42.7 Å². The first-order valence-corrected chi connectivity index (χ1v) is 18.0. The van der Waals surface area contributed by atoms with E-state index in [0.717, 1.165) is 57.9 Å². The fourth-order valence-corrected chi connectivity index (χ4v) is 4.99. The van der Waals surface area contributed by atoms with Crippen LogP contribution in [0.25, 0.3) is 0 Å². The normalized spacial score (nSPS) is 12.2. The van der Waals surface area contributed by atoms with Gasteiger partial charge in [-0.2, -0.15) is 0 Å². The molecule has 0 aromatic heterocycles. The number of nitrogens with one attached hydrogen (secondary N) is 1. The van der Waals surface area contributed by atoms with Crippen molar-refractivity contribution in [2.75, 3.05) is 19.8 Å². The fourth-order valence-electron chi connectivity index (χ4n) is 4.63. The Morgan fingerprint density at radius 3 is 1.52 bits per heavy atom. The van der Waals surface area contributed by atoms with Gasteiger partial charge in [-0.3, -0.25) is 18.9 Å². The van der Waals surface area contributed by atoms with Gasteiger partial charge in [-0.25, -0.2) is 4.57 Å². The Morgan fingerprint density at radius 2 is 1.07 bits per heavy atom. The molecular formula is C31H60NO9P. The predicted molar refractivity (Wildman–Crippen MR) is 165 cm³/mol. The van der Waals surface area contributed by atoms with Crippen molar-refractivity contribution in [3.63, 3.8) is 0 Å². The van der Waals surface area contributed by atoms with Gasteiger partial charge in [-0.05, 0) is 19.3 Å². The van der Waals surface area contributed by atoms with Crippen LogP contribution in [0.2, 0.25) is 0 Å². The molecule has 1 atom stereocenters. The Hall–Kier alpha value is -1.48. The third-order valence-corrected chi connectivity index (χ3v) is 7.56. The van der Waals surface area contributed by atoms with Crippen LogP contribution in [0.15, 0.2) is 0 Å². The van der Waals surface area contributed by atoms with Crippen LogP contribution < -0.4 is 5.32 Å². The van der Waals surface area contributed by atoms with Gasteiger partial charge in [0.15, 0.2) is 6.10 Å². The zero-order valence-electron chi connectivity index (χ0n) is 26.5. The predicted octanol–water partition coefficient (Wildman–Crippen LogP) is 7.29. The highest BCUT2D eigenvalue weighted by atomic mass is 31.2. The first-order valence-electron chi connectivity index (χ1n) is 16.4. The smallest absolute Gasteiger partial charge is 0.462 e. The molecule has 0 spiro atoms. The van der Waals surface area contributed by atoms with Crippen LogP contribution in [-0.2, 0) is 32.9 Å². The maximum Gasteiger partial charge on any atom is 0.469 e. The summed E-state index contributed by atoms with van der Waals surface area (Å²) in [5, 5.41) is 2.82. The van der Waals surface area contributed by atoms with Gasteiger partial charge in [-0.1, -0.05) is 116 Å². The molecular weight excluding hydrogens is 561 g/mol. The van der Waals surface area contributed by atoms with Crippen LogP contribution in [0.4, 0.5) is 0 Å². The molecule has 0 aliphatic rings. The molecule has 3 N–H and O–H groups in total. The lowest BCUT2D eigenvalue weighted by atomic mass is 10.1. The van der Waals surface area contributed by atoms with E-state index >= 15 is 0 Å². The standard InChI is InChI=1S/C31H60NO9P/c1-3-4-5-6-7-11-15-18-21-24-31(35)41-29(27-40-42(36,37)38)26-39-30(34)23-20-17-14-12-9-8-10-13-16-19-22-25-32-28(2)33/h29H,3-27H2,1-2H3,(H,32,33)(H2,36,37,38)/t29-/m1/s1. The van der Waals surface area contributed by atoms with Gasteiger partial charge in [-0.15, -0.1) is 0 Å². The van der Waals surface area contributed by atoms with Crippen LogP contribution in [0.1, 0.15) is 155 Å². The molecule has 11 heteroatoms. The highest BCUT2D eigenvalue weighted by Gasteiger charge is 2.22. The van der Waals surface area contributed by atoms with Crippen LogP contribution in [0.3, 0.4) is 0 Å². The summed E-state index contributed by atoms with van der Waals surface area (Å²) in [5.41, 5.74) is 0. The minimum absolute atomic E-state index is 0.0315. The van der Waals surface area contributed by atoms with Crippen LogP contribution in [0.5, 0.6) is 0 Å². The van der Waals surface area contributed by atoms with Gasteiger partial charge >= 0.3 is 19.8 Å². The Labute approximate surface area is 254 Å². The monoisotopic (exact) mass is 621 g/mol. The van der Waals surface area contributed by atoms with E-state index in [1.165, 1.54) is 64.2 Å². The molecule has 0 unspecified atom stereocenters. The Kier molecular flexibility index (Phi) is 27.3. The molecule has 0 fully saturated rings. The van der Waals surface area contributed by atoms with Crippen molar-refractivity contribution in [1.29, 1.82) is 0 Å². The summed E-state index contributed by atoms with van der Waals surface area (Å²) in [6, 6.07) is 0.